The molecule has 0 heterocycles. The molecule has 0 N–H and O–H groups in total. The van der Waals surface area contributed by atoms with Gasteiger partial charge in [-0.3, -0.25) is 9.59 Å². The molecule has 0 aliphatic rings. The number of para-hydroxylation sites is 2. The zero-order valence-electron chi connectivity index (χ0n) is 17.3. The van der Waals surface area contributed by atoms with E-state index in [0.29, 0.717) is 23.0 Å². The lowest BCUT2D eigenvalue weighted by Gasteiger charge is -2.15. The lowest BCUT2D eigenvalue weighted by Crippen LogP contribution is -2.38. The number of alkyl halides is 2. The Balaban J connectivity index is 1.45. The van der Waals surface area contributed by atoms with Gasteiger partial charge in [0.25, 0.3) is 0 Å². The Bertz CT molecular complexity index is 1140. The molecule has 0 atom stereocenters. The Morgan fingerprint density at radius 1 is 0.485 bits per heavy atom. The third-order valence-corrected chi connectivity index (χ3v) is 4.76. The molecular formula is C27H18F2O4. The topological polar surface area (TPSA) is 52.6 Å². The van der Waals surface area contributed by atoms with Gasteiger partial charge in [0, 0.05) is 11.1 Å². The average molecular weight is 444 g/mol. The molecule has 0 bridgehead atoms. The molecular weight excluding hydrogens is 426 g/mol. The minimum absolute atomic E-state index is 0.294. The van der Waals surface area contributed by atoms with E-state index >= 15 is 0 Å². The summed E-state index contributed by atoms with van der Waals surface area (Å²) in [4.78, 5) is 24.8. The smallest absolute Gasteiger partial charge is 0.371 e. The maximum Gasteiger partial charge on any atom is 0.371 e. The molecule has 164 valence electrons. The SMILES string of the molecule is O=C(c1ccc(Oc2ccccc2)cc1)C(F)(F)C(=O)c1ccc(Oc2ccccc2)cc1. The van der Waals surface area contributed by atoms with E-state index in [4.69, 9.17) is 9.47 Å². The summed E-state index contributed by atoms with van der Waals surface area (Å²) < 4.78 is 40.6. The number of benzene rings is 4. The van der Waals surface area contributed by atoms with Crippen molar-refractivity contribution in [1.29, 1.82) is 0 Å². The maximum absolute atomic E-state index is 14.7. The van der Waals surface area contributed by atoms with E-state index in [9.17, 15) is 18.4 Å². The van der Waals surface area contributed by atoms with Crippen LogP contribution in [0.4, 0.5) is 8.78 Å². The van der Waals surface area contributed by atoms with Crippen molar-refractivity contribution in [3.63, 3.8) is 0 Å². The van der Waals surface area contributed by atoms with Gasteiger partial charge in [-0.05, 0) is 72.8 Å². The van der Waals surface area contributed by atoms with Crippen LogP contribution in [-0.4, -0.2) is 17.5 Å². The fraction of sp³-hybridized carbons (Fsp3) is 0.0370. The molecule has 33 heavy (non-hydrogen) atoms. The monoisotopic (exact) mass is 444 g/mol. The minimum atomic E-state index is -4.22. The van der Waals surface area contributed by atoms with Crippen molar-refractivity contribution in [1.82, 2.24) is 0 Å². The van der Waals surface area contributed by atoms with Gasteiger partial charge in [-0.1, -0.05) is 36.4 Å². The van der Waals surface area contributed by atoms with E-state index in [2.05, 4.69) is 0 Å². The van der Waals surface area contributed by atoms with Crippen LogP contribution in [0, 0.1) is 0 Å². The second-order valence-electron chi connectivity index (χ2n) is 7.11. The van der Waals surface area contributed by atoms with Crippen LogP contribution in [-0.2, 0) is 0 Å². The van der Waals surface area contributed by atoms with Crippen molar-refractivity contribution in [2.75, 3.05) is 0 Å². The van der Waals surface area contributed by atoms with Gasteiger partial charge in [-0.15, -0.1) is 0 Å². The summed E-state index contributed by atoms with van der Waals surface area (Å²) in [5.41, 5.74) is -0.587. The highest BCUT2D eigenvalue weighted by atomic mass is 19.3. The van der Waals surface area contributed by atoms with Crippen molar-refractivity contribution >= 4 is 11.6 Å². The van der Waals surface area contributed by atoms with Crippen LogP contribution in [0.1, 0.15) is 20.7 Å². The summed E-state index contributed by atoms with van der Waals surface area (Å²) in [5.74, 6) is -5.49. The first kappa shape index (κ1) is 21.9. The zero-order chi connectivity index (χ0) is 23.3. The molecule has 0 amide bonds. The molecule has 4 aromatic rings. The van der Waals surface area contributed by atoms with Gasteiger partial charge in [0.15, 0.2) is 0 Å². The average Bonchev–Trinajstić information content (AvgIpc) is 2.85. The number of Topliss-reactive ketones (excluding diaryl/α,β-unsaturated/α-hetero) is 2. The van der Waals surface area contributed by atoms with E-state index in [0.717, 1.165) is 0 Å². The van der Waals surface area contributed by atoms with Crippen molar-refractivity contribution in [2.24, 2.45) is 0 Å². The van der Waals surface area contributed by atoms with Crippen LogP contribution in [0.25, 0.3) is 0 Å². The Hall–Kier alpha value is -4.32. The van der Waals surface area contributed by atoms with Gasteiger partial charge < -0.3 is 9.47 Å². The number of carbonyl (C=O) groups is 2. The number of halogens is 2. The molecule has 4 rings (SSSR count). The van der Waals surface area contributed by atoms with Crippen LogP contribution in [0.5, 0.6) is 23.0 Å². The van der Waals surface area contributed by atoms with Crippen LogP contribution in [0.3, 0.4) is 0 Å². The summed E-state index contributed by atoms with van der Waals surface area (Å²) in [6.45, 7) is 0. The minimum Gasteiger partial charge on any atom is -0.457 e. The van der Waals surface area contributed by atoms with E-state index < -0.39 is 17.5 Å². The Labute approximate surface area is 189 Å². The molecule has 4 nitrogen and oxygen atoms in total. The summed E-state index contributed by atoms with van der Waals surface area (Å²) in [6.07, 6.45) is 0. The third-order valence-electron chi connectivity index (χ3n) is 4.76. The number of ketones is 2. The molecule has 0 radical (unpaired) electrons. The summed E-state index contributed by atoms with van der Waals surface area (Å²) in [6, 6.07) is 28.2. The van der Waals surface area contributed by atoms with Crippen LogP contribution in [0.15, 0.2) is 109 Å². The van der Waals surface area contributed by atoms with Gasteiger partial charge >= 0.3 is 5.92 Å². The largest absolute Gasteiger partial charge is 0.457 e. The second-order valence-corrected chi connectivity index (χ2v) is 7.11. The predicted molar refractivity (Wildman–Crippen MR) is 120 cm³/mol. The highest BCUT2D eigenvalue weighted by molar-refractivity contribution is 6.21. The number of rotatable bonds is 8. The standard InChI is InChI=1S/C27H18F2O4/c28-27(29,25(30)19-11-15-23(16-12-19)32-21-7-3-1-4-8-21)26(31)20-13-17-24(18-14-20)33-22-9-5-2-6-10-22/h1-18H. The van der Waals surface area contributed by atoms with Crippen molar-refractivity contribution in [3.8, 4) is 23.0 Å². The third kappa shape index (κ3) is 5.13. The van der Waals surface area contributed by atoms with Crippen molar-refractivity contribution < 1.29 is 27.8 Å². The molecule has 0 spiro atoms. The summed E-state index contributed by atoms with van der Waals surface area (Å²) in [5, 5.41) is 0. The van der Waals surface area contributed by atoms with Crippen molar-refractivity contribution in [3.05, 3.63) is 120 Å². The number of hydrogen-bond acceptors (Lipinski definition) is 4. The lowest BCUT2D eigenvalue weighted by atomic mass is 9.97. The number of hydrogen-bond donors (Lipinski definition) is 0. The van der Waals surface area contributed by atoms with Crippen molar-refractivity contribution in [2.45, 2.75) is 5.92 Å². The highest BCUT2D eigenvalue weighted by Gasteiger charge is 2.47. The van der Waals surface area contributed by atoms with Gasteiger partial charge in [0.1, 0.15) is 23.0 Å². The molecule has 0 aromatic heterocycles. The Morgan fingerprint density at radius 3 is 1.12 bits per heavy atom. The Kier molecular flexibility index (Phi) is 6.26. The van der Waals surface area contributed by atoms with Crippen LogP contribution < -0.4 is 9.47 Å². The summed E-state index contributed by atoms with van der Waals surface area (Å²) in [7, 11) is 0. The molecule has 0 fully saturated rings. The molecule has 0 aliphatic heterocycles. The maximum atomic E-state index is 14.7. The molecule has 0 aliphatic carbocycles. The lowest BCUT2D eigenvalue weighted by molar-refractivity contribution is 0.0147. The van der Waals surface area contributed by atoms with Gasteiger partial charge in [-0.25, -0.2) is 0 Å². The van der Waals surface area contributed by atoms with Gasteiger partial charge in [0.05, 0.1) is 0 Å². The fourth-order valence-corrected chi connectivity index (χ4v) is 3.06. The zero-order valence-corrected chi connectivity index (χ0v) is 17.3. The molecule has 0 saturated carbocycles. The molecule has 6 heteroatoms. The first-order chi connectivity index (χ1) is 15.9. The second kappa shape index (κ2) is 9.44. The predicted octanol–water partition coefficient (Wildman–Crippen LogP) is 6.97. The molecule has 0 saturated heterocycles. The highest BCUT2D eigenvalue weighted by Crippen LogP contribution is 2.29. The Morgan fingerprint density at radius 2 is 0.788 bits per heavy atom. The number of carbonyl (C=O) groups excluding carboxylic acids is 2. The van der Waals surface area contributed by atoms with Crippen LogP contribution in [0.2, 0.25) is 0 Å². The normalized spacial score (nSPS) is 11.0. The van der Waals surface area contributed by atoms with Gasteiger partial charge in [0.2, 0.25) is 11.6 Å². The van der Waals surface area contributed by atoms with E-state index in [1.54, 1.807) is 48.5 Å². The van der Waals surface area contributed by atoms with Gasteiger partial charge in [-0.2, -0.15) is 8.78 Å². The quantitative estimate of drug-likeness (QED) is 0.217. The molecule has 0 unspecified atom stereocenters. The van der Waals surface area contributed by atoms with E-state index in [-0.39, 0.29) is 11.1 Å². The first-order valence-corrected chi connectivity index (χ1v) is 10.1. The number of ether oxygens (including phenoxy) is 2. The summed E-state index contributed by atoms with van der Waals surface area (Å²) >= 11 is 0. The van der Waals surface area contributed by atoms with Crippen LogP contribution >= 0.6 is 0 Å². The molecule has 4 aromatic carbocycles. The van der Waals surface area contributed by atoms with E-state index in [1.807, 2.05) is 12.1 Å². The first-order valence-electron chi connectivity index (χ1n) is 10.1. The fourth-order valence-electron chi connectivity index (χ4n) is 3.06. The van der Waals surface area contributed by atoms with E-state index in [1.165, 1.54) is 48.5 Å².